The molecule has 0 saturated heterocycles. The van der Waals surface area contributed by atoms with Gasteiger partial charge in [0.15, 0.2) is 0 Å². The van der Waals surface area contributed by atoms with E-state index < -0.39 is 10.0 Å². The van der Waals surface area contributed by atoms with Gasteiger partial charge >= 0.3 is 0 Å². The number of nitrogens with one attached hydrogen (secondary N) is 1. The molecule has 0 aliphatic carbocycles. The van der Waals surface area contributed by atoms with Crippen LogP contribution in [-0.2, 0) is 22.3 Å². The summed E-state index contributed by atoms with van der Waals surface area (Å²) in [6, 6.07) is 14.4. The fourth-order valence-electron chi connectivity index (χ4n) is 2.08. The van der Waals surface area contributed by atoms with Crippen LogP contribution in [0.25, 0.3) is 10.6 Å². The Hall–Kier alpha value is -1.60. The molecule has 0 fully saturated rings. The summed E-state index contributed by atoms with van der Waals surface area (Å²) in [5.41, 5.74) is 0.570. The normalized spacial score (nSPS) is 11.7. The maximum absolute atomic E-state index is 12.2. The minimum absolute atomic E-state index is 0.109. The van der Waals surface area contributed by atoms with Crippen molar-refractivity contribution in [1.82, 2.24) is 4.72 Å². The Kier molecular flexibility index (Phi) is 4.87. The molecule has 23 heavy (non-hydrogen) atoms. The SMILES string of the molecule is O=S(=O)(Cc1ccccc1Cl)NCc1ccc(-c2cccs2)o1. The number of sulfonamides is 1. The third-order valence-corrected chi connectivity index (χ3v) is 5.72. The lowest BCUT2D eigenvalue weighted by Gasteiger charge is -2.07. The van der Waals surface area contributed by atoms with Crippen LogP contribution < -0.4 is 4.72 Å². The van der Waals surface area contributed by atoms with E-state index in [1.54, 1.807) is 41.7 Å². The lowest BCUT2D eigenvalue weighted by atomic mass is 10.2. The van der Waals surface area contributed by atoms with Gasteiger partial charge in [-0.25, -0.2) is 13.1 Å². The first-order valence-electron chi connectivity index (χ1n) is 6.87. The van der Waals surface area contributed by atoms with Gasteiger partial charge in [0.25, 0.3) is 0 Å². The second-order valence-electron chi connectivity index (χ2n) is 4.91. The fourth-order valence-corrected chi connectivity index (χ4v) is 4.17. The van der Waals surface area contributed by atoms with Crippen molar-refractivity contribution in [1.29, 1.82) is 0 Å². The smallest absolute Gasteiger partial charge is 0.216 e. The summed E-state index contributed by atoms with van der Waals surface area (Å²) < 4.78 is 32.5. The van der Waals surface area contributed by atoms with Crippen LogP contribution in [0.15, 0.2) is 58.3 Å². The number of rotatable bonds is 6. The topological polar surface area (TPSA) is 59.3 Å². The van der Waals surface area contributed by atoms with Crippen LogP contribution in [0.1, 0.15) is 11.3 Å². The van der Waals surface area contributed by atoms with E-state index in [4.69, 9.17) is 16.0 Å². The predicted molar refractivity (Wildman–Crippen MR) is 92.9 cm³/mol. The number of thiophene rings is 1. The Labute approximate surface area is 143 Å². The molecule has 2 aromatic heterocycles. The van der Waals surface area contributed by atoms with Gasteiger partial charge in [-0.1, -0.05) is 35.9 Å². The van der Waals surface area contributed by atoms with Crippen molar-refractivity contribution in [3.8, 4) is 10.6 Å². The summed E-state index contributed by atoms with van der Waals surface area (Å²) in [6.07, 6.45) is 0. The number of halogens is 1. The van der Waals surface area contributed by atoms with Crippen LogP contribution in [0, 0.1) is 0 Å². The molecule has 120 valence electrons. The minimum Gasteiger partial charge on any atom is -0.459 e. The molecule has 4 nitrogen and oxygen atoms in total. The van der Waals surface area contributed by atoms with Crippen LogP contribution in [0.4, 0.5) is 0 Å². The maximum Gasteiger partial charge on any atom is 0.216 e. The molecule has 1 N–H and O–H groups in total. The summed E-state index contributed by atoms with van der Waals surface area (Å²) in [6.45, 7) is 0.109. The zero-order chi connectivity index (χ0) is 16.3. The van der Waals surface area contributed by atoms with Crippen LogP contribution in [0.3, 0.4) is 0 Å². The van der Waals surface area contributed by atoms with E-state index >= 15 is 0 Å². The summed E-state index contributed by atoms with van der Waals surface area (Å²) in [5.74, 6) is 1.14. The van der Waals surface area contributed by atoms with Gasteiger partial charge in [-0.3, -0.25) is 0 Å². The number of benzene rings is 1. The first-order chi connectivity index (χ1) is 11.0. The minimum atomic E-state index is -3.49. The predicted octanol–water partition coefficient (Wildman–Crippen LogP) is 4.28. The molecule has 0 amide bonds. The Bertz CT molecular complexity index is 886. The molecular formula is C16H14ClNO3S2. The van der Waals surface area contributed by atoms with Gasteiger partial charge in [0.1, 0.15) is 11.5 Å². The molecule has 3 aromatic rings. The second kappa shape index (κ2) is 6.88. The highest BCUT2D eigenvalue weighted by Gasteiger charge is 2.14. The van der Waals surface area contributed by atoms with Gasteiger partial charge in [-0.15, -0.1) is 11.3 Å². The van der Waals surface area contributed by atoms with Gasteiger partial charge in [0, 0.05) is 5.02 Å². The molecular weight excluding hydrogens is 354 g/mol. The zero-order valence-corrected chi connectivity index (χ0v) is 14.4. The average molecular weight is 368 g/mol. The van der Waals surface area contributed by atoms with Crippen LogP contribution in [-0.4, -0.2) is 8.42 Å². The lowest BCUT2D eigenvalue weighted by Crippen LogP contribution is -2.24. The van der Waals surface area contributed by atoms with E-state index in [1.807, 2.05) is 23.6 Å². The summed E-state index contributed by atoms with van der Waals surface area (Å²) >= 11 is 7.57. The van der Waals surface area contributed by atoms with Gasteiger partial charge in [-0.05, 0) is 35.2 Å². The van der Waals surface area contributed by atoms with E-state index in [-0.39, 0.29) is 12.3 Å². The van der Waals surface area contributed by atoms with Crippen LogP contribution in [0.2, 0.25) is 5.02 Å². The molecule has 0 saturated carbocycles. The van der Waals surface area contributed by atoms with E-state index in [2.05, 4.69) is 4.72 Å². The molecule has 3 rings (SSSR count). The van der Waals surface area contributed by atoms with Gasteiger partial charge < -0.3 is 4.42 Å². The molecule has 0 aliphatic heterocycles. The summed E-state index contributed by atoms with van der Waals surface area (Å²) in [4.78, 5) is 1.01. The maximum atomic E-state index is 12.2. The molecule has 0 spiro atoms. The van der Waals surface area contributed by atoms with E-state index in [0.29, 0.717) is 16.3 Å². The second-order valence-corrected chi connectivity index (χ2v) is 8.08. The average Bonchev–Trinajstić information content (AvgIpc) is 3.18. The quantitative estimate of drug-likeness (QED) is 0.707. The summed E-state index contributed by atoms with van der Waals surface area (Å²) in [7, 11) is -3.49. The highest BCUT2D eigenvalue weighted by atomic mass is 35.5. The lowest BCUT2D eigenvalue weighted by molar-refractivity contribution is 0.510. The van der Waals surface area contributed by atoms with Crippen LogP contribution in [0.5, 0.6) is 0 Å². The van der Waals surface area contributed by atoms with E-state index in [0.717, 1.165) is 10.6 Å². The Morgan fingerprint density at radius 3 is 2.65 bits per heavy atom. The van der Waals surface area contributed by atoms with Crippen molar-refractivity contribution < 1.29 is 12.8 Å². The molecule has 1 aromatic carbocycles. The molecule has 0 bridgehead atoms. The standard InChI is InChI=1S/C16H14ClNO3S2/c17-14-5-2-1-4-12(14)11-23(19,20)18-10-13-7-8-15(21-13)16-6-3-9-22-16/h1-9,18H,10-11H2. The van der Waals surface area contributed by atoms with Crippen molar-refractivity contribution in [2.75, 3.05) is 0 Å². The molecule has 0 radical (unpaired) electrons. The van der Waals surface area contributed by atoms with Crippen molar-refractivity contribution in [2.45, 2.75) is 12.3 Å². The fraction of sp³-hybridized carbons (Fsp3) is 0.125. The van der Waals surface area contributed by atoms with Gasteiger partial charge in [0.05, 0.1) is 17.2 Å². The van der Waals surface area contributed by atoms with Crippen molar-refractivity contribution in [3.63, 3.8) is 0 Å². The molecule has 2 heterocycles. The monoisotopic (exact) mass is 367 g/mol. The Morgan fingerprint density at radius 1 is 1.09 bits per heavy atom. The molecule has 7 heteroatoms. The van der Waals surface area contributed by atoms with Crippen molar-refractivity contribution >= 4 is 33.0 Å². The van der Waals surface area contributed by atoms with Crippen LogP contribution >= 0.6 is 22.9 Å². The van der Waals surface area contributed by atoms with Gasteiger partial charge in [-0.2, -0.15) is 0 Å². The number of furan rings is 1. The highest BCUT2D eigenvalue weighted by molar-refractivity contribution is 7.88. The molecule has 0 atom stereocenters. The zero-order valence-electron chi connectivity index (χ0n) is 12.0. The molecule has 0 unspecified atom stereocenters. The van der Waals surface area contributed by atoms with E-state index in [9.17, 15) is 8.42 Å². The van der Waals surface area contributed by atoms with Crippen molar-refractivity contribution in [3.05, 3.63) is 70.3 Å². The summed E-state index contributed by atoms with van der Waals surface area (Å²) in [5, 5.41) is 2.40. The van der Waals surface area contributed by atoms with Crippen molar-refractivity contribution in [2.24, 2.45) is 0 Å². The number of hydrogen-bond acceptors (Lipinski definition) is 4. The molecule has 0 aliphatic rings. The first-order valence-corrected chi connectivity index (χ1v) is 9.78. The van der Waals surface area contributed by atoms with E-state index in [1.165, 1.54) is 0 Å². The third kappa shape index (κ3) is 4.23. The highest BCUT2D eigenvalue weighted by Crippen LogP contribution is 2.26. The number of hydrogen-bond donors (Lipinski definition) is 1. The Balaban J connectivity index is 1.64. The Morgan fingerprint density at radius 2 is 1.91 bits per heavy atom. The first kappa shape index (κ1) is 16.3. The van der Waals surface area contributed by atoms with Gasteiger partial charge in [0.2, 0.25) is 10.0 Å². The largest absolute Gasteiger partial charge is 0.459 e. The third-order valence-electron chi connectivity index (χ3n) is 3.20.